The summed E-state index contributed by atoms with van der Waals surface area (Å²) in [7, 11) is 0.581. The van der Waals surface area contributed by atoms with Crippen LogP contribution in [-0.4, -0.2) is 11.5 Å². The van der Waals surface area contributed by atoms with Gasteiger partial charge >= 0.3 is 0 Å². The predicted octanol–water partition coefficient (Wildman–Crippen LogP) is 2.57. The van der Waals surface area contributed by atoms with Gasteiger partial charge in [0.1, 0.15) is 16.9 Å². The Kier molecular flexibility index (Phi) is 6.28. The second-order valence-corrected chi connectivity index (χ2v) is 4.40. The summed E-state index contributed by atoms with van der Waals surface area (Å²) < 4.78 is 0. The van der Waals surface area contributed by atoms with Crippen LogP contribution in [0.1, 0.15) is 27.2 Å². The van der Waals surface area contributed by atoms with Crippen LogP contribution >= 0.6 is 0 Å². The lowest BCUT2D eigenvalue weighted by Gasteiger charge is -1.93. The molecule has 0 fully saturated rings. The quantitative estimate of drug-likeness (QED) is 0.533. The van der Waals surface area contributed by atoms with Gasteiger partial charge in [-0.25, -0.2) is 0 Å². The van der Waals surface area contributed by atoms with Crippen molar-refractivity contribution in [3.8, 4) is 0 Å². The van der Waals surface area contributed by atoms with Crippen molar-refractivity contribution in [3.05, 3.63) is 11.5 Å². The third-order valence-corrected chi connectivity index (χ3v) is 3.33. The molecule has 0 bridgehead atoms. The molecule has 1 heteroatoms. The third kappa shape index (κ3) is 4.58. The molecule has 0 radical (unpaired) electrons. The van der Waals surface area contributed by atoms with Crippen molar-refractivity contribution in [2.45, 2.75) is 27.2 Å². The molecule has 0 saturated heterocycles. The standard InChI is InChI=1S/C8H17S/c1-4-7-8-9(5-2)6-3/h7-8H,4-6H2,1-3H3/q+1/b8-7+. The summed E-state index contributed by atoms with van der Waals surface area (Å²) in [6, 6.07) is 0. The molecule has 0 unspecified atom stereocenters. The zero-order valence-corrected chi connectivity index (χ0v) is 7.50. The largest absolute Gasteiger partial charge is 0.115 e. The van der Waals surface area contributed by atoms with E-state index in [4.69, 9.17) is 0 Å². The highest BCUT2D eigenvalue weighted by Crippen LogP contribution is 1.98. The van der Waals surface area contributed by atoms with E-state index in [1.54, 1.807) is 0 Å². The fraction of sp³-hybridized carbons (Fsp3) is 0.750. The molecule has 0 atom stereocenters. The van der Waals surface area contributed by atoms with Crippen molar-refractivity contribution < 1.29 is 0 Å². The number of rotatable bonds is 4. The first-order valence-electron chi connectivity index (χ1n) is 3.68. The Morgan fingerprint density at radius 1 is 1.11 bits per heavy atom. The van der Waals surface area contributed by atoms with E-state index < -0.39 is 0 Å². The van der Waals surface area contributed by atoms with Crippen molar-refractivity contribution in [3.63, 3.8) is 0 Å². The second kappa shape index (κ2) is 6.21. The highest BCUT2D eigenvalue weighted by molar-refractivity contribution is 7.99. The van der Waals surface area contributed by atoms with Crippen molar-refractivity contribution in [2.75, 3.05) is 11.5 Å². The van der Waals surface area contributed by atoms with Crippen LogP contribution in [0.5, 0.6) is 0 Å². The first-order chi connectivity index (χ1) is 4.35. The highest BCUT2D eigenvalue weighted by Gasteiger charge is 2.04. The number of hydrogen-bond donors (Lipinski definition) is 0. The van der Waals surface area contributed by atoms with Crippen molar-refractivity contribution in [2.24, 2.45) is 0 Å². The van der Waals surface area contributed by atoms with Crippen molar-refractivity contribution >= 4 is 10.9 Å². The third-order valence-electron chi connectivity index (χ3n) is 1.27. The Labute approximate surface area is 61.7 Å². The molecule has 0 aliphatic carbocycles. The number of allylic oxidation sites excluding steroid dienone is 1. The van der Waals surface area contributed by atoms with Gasteiger partial charge < -0.3 is 0 Å². The zero-order chi connectivity index (χ0) is 7.11. The average molecular weight is 145 g/mol. The first kappa shape index (κ1) is 9.09. The number of hydrogen-bond acceptors (Lipinski definition) is 0. The monoisotopic (exact) mass is 145 g/mol. The van der Waals surface area contributed by atoms with E-state index in [1.165, 1.54) is 17.9 Å². The van der Waals surface area contributed by atoms with Crippen LogP contribution in [0, 0.1) is 0 Å². The Hall–Kier alpha value is 0.0900. The molecule has 0 aliphatic heterocycles. The molecule has 0 rings (SSSR count). The Balaban J connectivity index is 3.41. The molecular formula is C8H17S+. The van der Waals surface area contributed by atoms with Gasteiger partial charge in [0.15, 0.2) is 0 Å². The van der Waals surface area contributed by atoms with Crippen LogP contribution in [0.25, 0.3) is 0 Å². The normalized spacial score (nSPS) is 11.6. The molecule has 0 aliphatic rings. The minimum absolute atomic E-state index is 0.581. The lowest BCUT2D eigenvalue weighted by molar-refractivity contribution is 1.23. The van der Waals surface area contributed by atoms with E-state index in [9.17, 15) is 0 Å². The highest BCUT2D eigenvalue weighted by atomic mass is 32.2. The fourth-order valence-electron chi connectivity index (χ4n) is 0.629. The molecule has 0 N–H and O–H groups in total. The molecule has 0 nitrogen and oxygen atoms in total. The molecule has 0 heterocycles. The molecule has 0 amide bonds. The van der Waals surface area contributed by atoms with Crippen molar-refractivity contribution in [1.29, 1.82) is 0 Å². The van der Waals surface area contributed by atoms with Crippen LogP contribution in [0.2, 0.25) is 0 Å². The van der Waals surface area contributed by atoms with E-state index in [2.05, 4.69) is 32.3 Å². The fourth-order valence-corrected chi connectivity index (χ4v) is 1.89. The zero-order valence-electron chi connectivity index (χ0n) is 6.68. The van der Waals surface area contributed by atoms with E-state index in [1.807, 2.05) is 0 Å². The maximum absolute atomic E-state index is 2.36. The summed E-state index contributed by atoms with van der Waals surface area (Å²) in [6.07, 6.45) is 3.46. The first-order valence-corrected chi connectivity index (χ1v) is 5.30. The van der Waals surface area contributed by atoms with Crippen LogP contribution < -0.4 is 0 Å². The average Bonchev–Trinajstić information content (AvgIpc) is 1.91. The van der Waals surface area contributed by atoms with Gasteiger partial charge in [0.2, 0.25) is 0 Å². The molecule has 9 heavy (non-hydrogen) atoms. The summed E-state index contributed by atoms with van der Waals surface area (Å²) >= 11 is 0. The summed E-state index contributed by atoms with van der Waals surface area (Å²) in [6.45, 7) is 6.70. The van der Waals surface area contributed by atoms with Crippen LogP contribution in [0.15, 0.2) is 11.5 Å². The second-order valence-electron chi connectivity index (χ2n) is 1.89. The summed E-state index contributed by atoms with van der Waals surface area (Å²) in [5.41, 5.74) is 0. The molecular weight excluding hydrogens is 128 g/mol. The van der Waals surface area contributed by atoms with E-state index in [0.717, 1.165) is 0 Å². The van der Waals surface area contributed by atoms with Gasteiger partial charge in [0.05, 0.1) is 0 Å². The SMILES string of the molecule is CC/C=C/[S+](CC)CC. The minimum atomic E-state index is 0.581. The van der Waals surface area contributed by atoms with E-state index in [-0.39, 0.29) is 0 Å². The lowest BCUT2D eigenvalue weighted by atomic mass is 10.5. The van der Waals surface area contributed by atoms with Gasteiger partial charge in [-0.3, -0.25) is 0 Å². The molecule has 0 aromatic rings. The van der Waals surface area contributed by atoms with Gasteiger partial charge in [0.25, 0.3) is 0 Å². The maximum Gasteiger partial charge on any atom is 0.115 e. The van der Waals surface area contributed by atoms with Crippen LogP contribution in [0.3, 0.4) is 0 Å². The smallest absolute Gasteiger partial charge is 0.0617 e. The van der Waals surface area contributed by atoms with Gasteiger partial charge in [-0.05, 0) is 26.3 Å². The molecule has 0 spiro atoms. The van der Waals surface area contributed by atoms with E-state index in [0.29, 0.717) is 10.9 Å². The van der Waals surface area contributed by atoms with Gasteiger partial charge in [0, 0.05) is 10.9 Å². The Morgan fingerprint density at radius 3 is 2.00 bits per heavy atom. The predicted molar refractivity (Wildman–Crippen MR) is 47.9 cm³/mol. The van der Waals surface area contributed by atoms with Crippen LogP contribution in [0.4, 0.5) is 0 Å². The van der Waals surface area contributed by atoms with Gasteiger partial charge in [-0.15, -0.1) is 0 Å². The molecule has 0 aromatic heterocycles. The topological polar surface area (TPSA) is 0 Å². The lowest BCUT2D eigenvalue weighted by Crippen LogP contribution is -2.02. The summed E-state index contributed by atoms with van der Waals surface area (Å²) in [4.78, 5) is 0. The summed E-state index contributed by atoms with van der Waals surface area (Å²) in [5, 5.41) is 2.36. The van der Waals surface area contributed by atoms with Gasteiger partial charge in [-0.1, -0.05) is 6.92 Å². The molecule has 0 aromatic carbocycles. The van der Waals surface area contributed by atoms with Crippen molar-refractivity contribution in [1.82, 2.24) is 0 Å². The Bertz CT molecular complexity index is 72.6. The maximum atomic E-state index is 2.36. The summed E-state index contributed by atoms with van der Waals surface area (Å²) in [5.74, 6) is 2.62. The Morgan fingerprint density at radius 2 is 1.67 bits per heavy atom. The van der Waals surface area contributed by atoms with Gasteiger partial charge in [-0.2, -0.15) is 0 Å². The van der Waals surface area contributed by atoms with E-state index >= 15 is 0 Å². The molecule has 54 valence electrons. The molecule has 0 saturated carbocycles. The minimum Gasteiger partial charge on any atom is -0.0617 e. The van der Waals surface area contributed by atoms with Crippen LogP contribution in [-0.2, 0) is 10.9 Å².